The molecule has 0 spiro atoms. The van der Waals surface area contributed by atoms with Gasteiger partial charge in [0.15, 0.2) is 0 Å². The largest absolute Gasteiger partial charge is 1.00 e. The van der Waals surface area contributed by atoms with Gasteiger partial charge in [-0.3, -0.25) is 0 Å². The van der Waals surface area contributed by atoms with Crippen LogP contribution in [0.15, 0.2) is 24.3 Å². The predicted molar refractivity (Wildman–Crippen MR) is 105 cm³/mol. The minimum Gasteiger partial charge on any atom is -0.748 e. The topological polar surface area (TPSA) is 84.9 Å². The Morgan fingerprint density at radius 1 is 0.857 bits per heavy atom. The summed E-state index contributed by atoms with van der Waals surface area (Å²) >= 11 is 0. The molecule has 0 bridgehead atoms. The molecule has 0 unspecified atom stereocenters. The van der Waals surface area contributed by atoms with Gasteiger partial charge in [0.05, 0.1) is 42.3 Å². The number of hydrogen-bond donors (Lipinski definition) is 0. The van der Waals surface area contributed by atoms with Crippen molar-refractivity contribution in [3.8, 4) is 5.75 Å². The quantitative estimate of drug-likeness (QED) is 0.206. The second-order valence-corrected chi connectivity index (χ2v) is 7.98. The van der Waals surface area contributed by atoms with E-state index in [1.54, 1.807) is 0 Å². The summed E-state index contributed by atoms with van der Waals surface area (Å²) in [6.07, 6.45) is 8.67. The molecule has 156 valence electrons. The molecule has 1 aromatic rings. The molecule has 1 aromatic carbocycles. The van der Waals surface area contributed by atoms with E-state index in [2.05, 4.69) is 13.0 Å². The first-order chi connectivity index (χ1) is 13.0. The van der Waals surface area contributed by atoms with E-state index in [0.29, 0.717) is 19.8 Å². The van der Waals surface area contributed by atoms with Gasteiger partial charge in [-0.1, -0.05) is 57.2 Å². The molecule has 0 aliphatic heterocycles. The van der Waals surface area contributed by atoms with E-state index in [9.17, 15) is 13.0 Å². The summed E-state index contributed by atoms with van der Waals surface area (Å²) in [5.41, 5.74) is 1.23. The molecule has 0 amide bonds. The van der Waals surface area contributed by atoms with Crippen LogP contribution in [0.25, 0.3) is 0 Å². The van der Waals surface area contributed by atoms with E-state index in [4.69, 9.17) is 14.2 Å². The summed E-state index contributed by atoms with van der Waals surface area (Å²) < 4.78 is 47.5. The van der Waals surface area contributed by atoms with Gasteiger partial charge < -0.3 is 18.8 Å². The number of para-hydroxylation sites is 1. The molecule has 0 saturated heterocycles. The second kappa shape index (κ2) is 17.7. The molecule has 0 atom stereocenters. The minimum atomic E-state index is -4.21. The predicted octanol–water partition coefficient (Wildman–Crippen LogP) is 0.551. The molecule has 0 fully saturated rings. The number of rotatable bonds is 17. The number of hydrogen-bond acceptors (Lipinski definition) is 6. The maximum atomic E-state index is 10.4. The van der Waals surface area contributed by atoms with Crippen LogP contribution in [-0.2, 0) is 26.0 Å². The first kappa shape index (κ1) is 27.8. The van der Waals surface area contributed by atoms with Crippen LogP contribution >= 0.6 is 0 Å². The van der Waals surface area contributed by atoms with E-state index in [0.717, 1.165) is 12.2 Å². The average molecular weight is 425 g/mol. The van der Waals surface area contributed by atoms with Crippen molar-refractivity contribution in [2.75, 3.05) is 38.8 Å². The number of unbranched alkanes of at least 4 members (excludes halogenated alkanes) is 5. The number of benzene rings is 1. The van der Waals surface area contributed by atoms with Crippen LogP contribution in [0.5, 0.6) is 5.75 Å². The Labute approximate surface area is 192 Å². The van der Waals surface area contributed by atoms with Gasteiger partial charge in [0.2, 0.25) is 0 Å². The fourth-order valence-corrected chi connectivity index (χ4v) is 2.96. The third-order valence-corrected chi connectivity index (χ3v) is 4.77. The van der Waals surface area contributed by atoms with E-state index in [1.807, 2.05) is 18.2 Å². The summed E-state index contributed by atoms with van der Waals surface area (Å²) in [6, 6.07) is 8.10. The second-order valence-electron chi connectivity index (χ2n) is 6.46. The first-order valence-corrected chi connectivity index (χ1v) is 11.4. The zero-order chi connectivity index (χ0) is 19.8. The Balaban J connectivity index is 0.00000729. The zero-order valence-electron chi connectivity index (χ0n) is 17.4. The maximum Gasteiger partial charge on any atom is 1.00 e. The van der Waals surface area contributed by atoms with Crippen LogP contribution in [0, 0.1) is 0 Å². The fourth-order valence-electron chi connectivity index (χ4n) is 2.64. The molecule has 0 heterocycles. The average Bonchev–Trinajstić information content (AvgIpc) is 2.63. The van der Waals surface area contributed by atoms with Crippen molar-refractivity contribution in [2.24, 2.45) is 0 Å². The van der Waals surface area contributed by atoms with E-state index >= 15 is 0 Å². The van der Waals surface area contributed by atoms with Crippen molar-refractivity contribution in [3.05, 3.63) is 29.8 Å². The molecule has 0 radical (unpaired) electrons. The molecule has 0 saturated carbocycles. The molecule has 0 N–H and O–H groups in total. The van der Waals surface area contributed by atoms with Crippen LogP contribution in [0.1, 0.15) is 51.0 Å². The van der Waals surface area contributed by atoms with E-state index in [-0.39, 0.29) is 42.8 Å². The Kier molecular flexibility index (Phi) is 17.6. The number of ether oxygens (including phenoxy) is 3. The van der Waals surface area contributed by atoms with Crippen molar-refractivity contribution >= 4 is 10.1 Å². The van der Waals surface area contributed by atoms with Gasteiger partial charge in [0.25, 0.3) is 0 Å². The molecular weight excluding hydrogens is 391 g/mol. The molecule has 0 aliphatic carbocycles. The summed E-state index contributed by atoms with van der Waals surface area (Å²) in [5, 5.41) is 0. The molecule has 0 aromatic heterocycles. The van der Waals surface area contributed by atoms with Gasteiger partial charge in [0.1, 0.15) is 12.4 Å². The molecule has 8 heteroatoms. The van der Waals surface area contributed by atoms with Crippen LogP contribution in [-0.4, -0.2) is 51.8 Å². The van der Waals surface area contributed by atoms with Gasteiger partial charge >= 0.3 is 29.6 Å². The van der Waals surface area contributed by atoms with Gasteiger partial charge in [-0.05, 0) is 24.5 Å². The van der Waals surface area contributed by atoms with Crippen LogP contribution in [0.3, 0.4) is 0 Å². The Bertz CT molecular complexity index is 594. The Hall–Kier alpha value is -0.150. The van der Waals surface area contributed by atoms with E-state index in [1.165, 1.54) is 44.1 Å². The van der Waals surface area contributed by atoms with Crippen LogP contribution in [0.4, 0.5) is 0 Å². The molecule has 0 aliphatic rings. The Morgan fingerprint density at radius 3 is 2.18 bits per heavy atom. The van der Waals surface area contributed by atoms with Gasteiger partial charge in [-0.15, -0.1) is 0 Å². The normalized spacial score (nSPS) is 11.2. The monoisotopic (exact) mass is 424 g/mol. The third-order valence-electron chi connectivity index (χ3n) is 4.11. The van der Waals surface area contributed by atoms with Crippen LogP contribution in [0.2, 0.25) is 0 Å². The van der Waals surface area contributed by atoms with Crippen molar-refractivity contribution in [1.82, 2.24) is 0 Å². The number of aryl methyl sites for hydroxylation is 1. The Morgan fingerprint density at radius 2 is 1.46 bits per heavy atom. The molecule has 1 rings (SSSR count). The van der Waals surface area contributed by atoms with Gasteiger partial charge in [0, 0.05) is 0 Å². The molecule has 6 nitrogen and oxygen atoms in total. The smallest absolute Gasteiger partial charge is 0.748 e. The van der Waals surface area contributed by atoms with Crippen molar-refractivity contribution in [1.29, 1.82) is 0 Å². The first-order valence-electron chi connectivity index (χ1n) is 9.82. The minimum absolute atomic E-state index is 0. The molecule has 28 heavy (non-hydrogen) atoms. The van der Waals surface area contributed by atoms with E-state index < -0.39 is 15.9 Å². The van der Waals surface area contributed by atoms with Crippen molar-refractivity contribution < 1.29 is 56.7 Å². The maximum absolute atomic E-state index is 10.4. The summed E-state index contributed by atoms with van der Waals surface area (Å²) in [6.45, 7) is 3.59. The summed E-state index contributed by atoms with van der Waals surface area (Å²) in [4.78, 5) is 0. The molecular formula is C20H33NaO6S. The standard InChI is InChI=1S/C20H34O6S.Na/c1-2-3-4-5-6-7-10-19-11-8-9-12-20(19)26-16-15-24-13-14-25-17-18-27(21,22)23;/h8-9,11-12H,2-7,10,13-18H2,1H3,(H,21,22,23);/q;+1/p-1. The van der Waals surface area contributed by atoms with Crippen molar-refractivity contribution in [2.45, 2.75) is 51.9 Å². The van der Waals surface area contributed by atoms with Gasteiger partial charge in [-0.2, -0.15) is 0 Å². The van der Waals surface area contributed by atoms with Crippen molar-refractivity contribution in [3.63, 3.8) is 0 Å². The summed E-state index contributed by atoms with van der Waals surface area (Å²) in [5.74, 6) is 0.400. The summed E-state index contributed by atoms with van der Waals surface area (Å²) in [7, 11) is -4.21. The van der Waals surface area contributed by atoms with Crippen LogP contribution < -0.4 is 34.3 Å². The third kappa shape index (κ3) is 15.7. The van der Waals surface area contributed by atoms with Gasteiger partial charge in [-0.25, -0.2) is 8.42 Å². The fraction of sp³-hybridized carbons (Fsp3) is 0.700. The SMILES string of the molecule is CCCCCCCCc1ccccc1OCCOCCOCCS(=O)(=O)[O-].[Na+]. The zero-order valence-corrected chi connectivity index (χ0v) is 20.2.